The third kappa shape index (κ3) is 6.91. The second-order valence-corrected chi connectivity index (χ2v) is 7.45. The van der Waals surface area contributed by atoms with Crippen molar-refractivity contribution in [3.63, 3.8) is 0 Å². The maximum atomic E-state index is 5.99. The van der Waals surface area contributed by atoms with Gasteiger partial charge >= 0.3 is 0 Å². The molecule has 0 saturated carbocycles. The molecule has 0 bridgehead atoms. The second-order valence-electron chi connectivity index (χ2n) is 7.45. The van der Waals surface area contributed by atoms with Crippen LogP contribution in [0.1, 0.15) is 55.4 Å². The van der Waals surface area contributed by atoms with Crippen LogP contribution in [0.4, 0.5) is 0 Å². The number of furan rings is 1. The van der Waals surface area contributed by atoms with E-state index in [1.54, 1.807) is 0 Å². The monoisotopic (exact) mass is 399 g/mol. The largest absolute Gasteiger partial charge is 0.464 e. The molecule has 2 N–H and O–H groups in total. The zero-order valence-corrected chi connectivity index (χ0v) is 17.7. The van der Waals surface area contributed by atoms with Gasteiger partial charge in [0, 0.05) is 19.8 Å². The van der Waals surface area contributed by atoms with Crippen molar-refractivity contribution < 1.29 is 13.9 Å². The Labute approximate surface area is 173 Å². The summed E-state index contributed by atoms with van der Waals surface area (Å²) in [7, 11) is 0. The van der Waals surface area contributed by atoms with E-state index in [9.17, 15) is 0 Å². The molecule has 1 aromatic carbocycles. The van der Waals surface area contributed by atoms with Gasteiger partial charge in [-0.25, -0.2) is 4.99 Å². The molecular weight excluding hydrogens is 366 g/mol. The van der Waals surface area contributed by atoms with Gasteiger partial charge in [-0.15, -0.1) is 0 Å². The van der Waals surface area contributed by atoms with Gasteiger partial charge < -0.3 is 24.5 Å². The van der Waals surface area contributed by atoms with Crippen molar-refractivity contribution in [3.8, 4) is 0 Å². The summed E-state index contributed by atoms with van der Waals surface area (Å²) < 4.78 is 17.1. The molecule has 1 aromatic heterocycles. The van der Waals surface area contributed by atoms with Crippen LogP contribution in [0.15, 0.2) is 45.8 Å². The van der Waals surface area contributed by atoms with Gasteiger partial charge in [0.15, 0.2) is 5.96 Å². The summed E-state index contributed by atoms with van der Waals surface area (Å²) in [6, 6.07) is 12.5. The van der Waals surface area contributed by atoms with Crippen LogP contribution in [0.2, 0.25) is 0 Å². The molecule has 2 aromatic rings. The number of guanidine groups is 1. The fourth-order valence-electron chi connectivity index (χ4n) is 3.25. The minimum absolute atomic E-state index is 0.0474. The highest BCUT2D eigenvalue weighted by Crippen LogP contribution is 2.16. The van der Waals surface area contributed by atoms with Crippen molar-refractivity contribution >= 4 is 5.96 Å². The number of rotatable bonds is 8. The van der Waals surface area contributed by atoms with E-state index < -0.39 is 0 Å². The minimum atomic E-state index is 0.0474. The molecule has 0 spiro atoms. The summed E-state index contributed by atoms with van der Waals surface area (Å²) in [4.78, 5) is 4.71. The molecule has 2 heterocycles. The topological polar surface area (TPSA) is 68.0 Å². The molecular formula is C23H33N3O3. The van der Waals surface area contributed by atoms with Crippen LogP contribution in [-0.4, -0.2) is 31.8 Å². The molecule has 1 aliphatic heterocycles. The van der Waals surface area contributed by atoms with E-state index in [0.717, 1.165) is 50.1 Å². The number of nitrogens with zero attached hydrogens (tertiary/aromatic N) is 1. The van der Waals surface area contributed by atoms with Gasteiger partial charge in [-0.05, 0) is 56.9 Å². The Morgan fingerprint density at radius 3 is 2.52 bits per heavy atom. The Kier molecular flexibility index (Phi) is 8.14. The number of benzene rings is 1. The summed E-state index contributed by atoms with van der Waals surface area (Å²) in [5.74, 6) is 2.60. The Morgan fingerprint density at radius 1 is 1.14 bits per heavy atom. The van der Waals surface area contributed by atoms with Crippen LogP contribution >= 0.6 is 0 Å². The number of hydrogen-bond acceptors (Lipinski definition) is 4. The number of aliphatic imine (C=N–C) groups is 1. The summed E-state index contributed by atoms with van der Waals surface area (Å²) in [6.07, 6.45) is 2.30. The number of aryl methyl sites for hydroxylation is 1. The first-order chi connectivity index (χ1) is 14.1. The van der Waals surface area contributed by atoms with Crippen LogP contribution in [0, 0.1) is 6.92 Å². The summed E-state index contributed by atoms with van der Waals surface area (Å²) >= 11 is 0. The summed E-state index contributed by atoms with van der Waals surface area (Å²) in [5, 5.41) is 6.70. The minimum Gasteiger partial charge on any atom is -0.464 e. The van der Waals surface area contributed by atoms with E-state index in [2.05, 4.69) is 48.7 Å². The lowest BCUT2D eigenvalue weighted by atomic mass is 10.1. The molecule has 29 heavy (non-hydrogen) atoms. The lowest BCUT2D eigenvalue weighted by Crippen LogP contribution is -2.38. The second kappa shape index (κ2) is 11.0. The maximum Gasteiger partial charge on any atom is 0.192 e. The van der Waals surface area contributed by atoms with E-state index in [4.69, 9.17) is 18.9 Å². The third-order valence-corrected chi connectivity index (χ3v) is 4.98. The Balaban J connectivity index is 1.51. The van der Waals surface area contributed by atoms with E-state index in [1.807, 2.05) is 19.1 Å². The van der Waals surface area contributed by atoms with E-state index in [1.165, 1.54) is 11.1 Å². The summed E-state index contributed by atoms with van der Waals surface area (Å²) in [6.45, 7) is 9.76. The molecule has 1 atom stereocenters. The molecule has 0 amide bonds. The molecule has 1 aliphatic rings. The molecule has 6 heteroatoms. The van der Waals surface area contributed by atoms with Crippen LogP contribution in [0.5, 0.6) is 0 Å². The van der Waals surface area contributed by atoms with Gasteiger partial charge in [-0.1, -0.05) is 24.3 Å². The Morgan fingerprint density at radius 2 is 1.86 bits per heavy atom. The number of nitrogens with one attached hydrogen (secondary N) is 2. The molecule has 1 unspecified atom stereocenters. The SMILES string of the molecule is CCNC(=NCc1ccc(COC2CCOCC2)cc1)NC(C)c1ccc(C)o1. The molecule has 3 rings (SSSR count). The fraction of sp³-hybridized carbons (Fsp3) is 0.522. The van der Waals surface area contributed by atoms with Crippen LogP contribution in [0.3, 0.4) is 0 Å². The smallest absolute Gasteiger partial charge is 0.192 e. The molecule has 158 valence electrons. The highest BCUT2D eigenvalue weighted by atomic mass is 16.5. The average Bonchev–Trinajstić information content (AvgIpc) is 3.19. The average molecular weight is 400 g/mol. The molecule has 1 saturated heterocycles. The molecule has 6 nitrogen and oxygen atoms in total. The van der Waals surface area contributed by atoms with E-state index >= 15 is 0 Å². The van der Waals surface area contributed by atoms with Crippen molar-refractivity contribution in [1.82, 2.24) is 10.6 Å². The molecule has 1 fully saturated rings. The van der Waals surface area contributed by atoms with Gasteiger partial charge in [-0.2, -0.15) is 0 Å². The predicted octanol–water partition coefficient (Wildman–Crippen LogP) is 4.10. The van der Waals surface area contributed by atoms with Gasteiger partial charge in [-0.3, -0.25) is 0 Å². The van der Waals surface area contributed by atoms with Gasteiger partial charge in [0.05, 0.1) is 25.3 Å². The van der Waals surface area contributed by atoms with Crippen molar-refractivity contribution in [2.24, 2.45) is 4.99 Å². The zero-order chi connectivity index (χ0) is 20.5. The zero-order valence-electron chi connectivity index (χ0n) is 17.7. The molecule has 0 radical (unpaired) electrons. The van der Waals surface area contributed by atoms with Crippen LogP contribution in [0.25, 0.3) is 0 Å². The van der Waals surface area contributed by atoms with E-state index in [-0.39, 0.29) is 6.04 Å². The first kappa shape index (κ1) is 21.4. The Bertz CT molecular complexity index is 764. The maximum absolute atomic E-state index is 5.99. The Hall–Kier alpha value is -2.31. The first-order valence-corrected chi connectivity index (χ1v) is 10.5. The van der Waals surface area contributed by atoms with Gasteiger partial charge in [0.2, 0.25) is 0 Å². The van der Waals surface area contributed by atoms with Gasteiger partial charge in [0.25, 0.3) is 0 Å². The van der Waals surface area contributed by atoms with Crippen LogP contribution in [-0.2, 0) is 22.6 Å². The predicted molar refractivity (Wildman–Crippen MR) is 115 cm³/mol. The third-order valence-electron chi connectivity index (χ3n) is 4.98. The standard InChI is InChI=1S/C23H33N3O3/c1-4-24-23(26-18(3)22-10-5-17(2)29-22)25-15-19-6-8-20(9-7-19)16-28-21-11-13-27-14-12-21/h5-10,18,21H,4,11-16H2,1-3H3,(H2,24,25,26). The number of hydrogen-bond donors (Lipinski definition) is 2. The lowest BCUT2D eigenvalue weighted by molar-refractivity contribution is -0.0390. The normalized spacial score (nSPS) is 16.6. The van der Waals surface area contributed by atoms with Crippen molar-refractivity contribution in [2.75, 3.05) is 19.8 Å². The lowest BCUT2D eigenvalue weighted by Gasteiger charge is -2.22. The van der Waals surface area contributed by atoms with Gasteiger partial charge in [0.1, 0.15) is 11.5 Å². The summed E-state index contributed by atoms with van der Waals surface area (Å²) in [5.41, 5.74) is 2.36. The number of ether oxygens (including phenoxy) is 2. The highest BCUT2D eigenvalue weighted by molar-refractivity contribution is 5.80. The first-order valence-electron chi connectivity index (χ1n) is 10.5. The highest BCUT2D eigenvalue weighted by Gasteiger charge is 2.14. The van der Waals surface area contributed by atoms with Crippen molar-refractivity contribution in [3.05, 3.63) is 59.0 Å². The quantitative estimate of drug-likeness (QED) is 0.517. The molecule has 0 aliphatic carbocycles. The fourth-order valence-corrected chi connectivity index (χ4v) is 3.25. The van der Waals surface area contributed by atoms with Crippen molar-refractivity contribution in [2.45, 2.75) is 58.9 Å². The van der Waals surface area contributed by atoms with Crippen LogP contribution < -0.4 is 10.6 Å². The van der Waals surface area contributed by atoms with E-state index in [0.29, 0.717) is 19.3 Å². The van der Waals surface area contributed by atoms with Crippen molar-refractivity contribution in [1.29, 1.82) is 0 Å².